The van der Waals surface area contributed by atoms with E-state index in [2.05, 4.69) is 24.5 Å². The first-order chi connectivity index (χ1) is 17.0. The molecule has 0 aromatic rings. The number of nitrogens with one attached hydrogen (secondary N) is 2. The third-order valence-corrected chi connectivity index (χ3v) is 5.18. The van der Waals surface area contributed by atoms with Gasteiger partial charge in [-0.15, -0.1) is 0 Å². The van der Waals surface area contributed by atoms with Gasteiger partial charge < -0.3 is 39.1 Å². The second kappa shape index (κ2) is 26.2. The maximum atomic E-state index is 13.7. The highest BCUT2D eigenvalue weighted by Gasteiger charge is 2.14. The van der Waals surface area contributed by atoms with Crippen molar-refractivity contribution in [3.63, 3.8) is 0 Å². The van der Waals surface area contributed by atoms with Crippen molar-refractivity contribution >= 4 is 5.91 Å². The maximum Gasteiger partial charge on any atom is 0.222 e. The molecule has 1 amide bonds. The van der Waals surface area contributed by atoms with Crippen molar-refractivity contribution in [2.45, 2.75) is 59.2 Å². The molecule has 0 saturated heterocycles. The summed E-state index contributed by atoms with van der Waals surface area (Å²) < 4.78 is 46.1. The summed E-state index contributed by atoms with van der Waals surface area (Å²) in [6, 6.07) is 0.525. The number of alkyl halides is 1. The molecule has 0 aliphatic heterocycles. The standard InChI is InChI=1S/C25H51FN2O7/c1-5-7-22(3)25(29)28-20-24(26)21-35-19-18-34-17-16-33-15-14-32-13-12-31-11-10-30-9-8-27-23(4)6-2/h22-24,27H,5-21H2,1-4H3,(H,28,29). The van der Waals surface area contributed by atoms with Gasteiger partial charge >= 0.3 is 0 Å². The van der Waals surface area contributed by atoms with Crippen LogP contribution in [0.1, 0.15) is 47.0 Å². The third-order valence-electron chi connectivity index (χ3n) is 5.18. The van der Waals surface area contributed by atoms with Crippen LogP contribution in [0.3, 0.4) is 0 Å². The SMILES string of the molecule is CCCC(C)C(=O)NCC(F)COCCOCCOCCOCCOCCOCCNC(C)CC. The molecule has 0 spiro atoms. The molecule has 0 aromatic carbocycles. The summed E-state index contributed by atoms with van der Waals surface area (Å²) >= 11 is 0. The van der Waals surface area contributed by atoms with Gasteiger partial charge in [-0.05, 0) is 19.8 Å². The molecule has 0 aromatic heterocycles. The minimum atomic E-state index is -1.23. The highest BCUT2D eigenvalue weighted by molar-refractivity contribution is 5.78. The Morgan fingerprint density at radius 2 is 1.20 bits per heavy atom. The molecule has 0 saturated carbocycles. The van der Waals surface area contributed by atoms with Crippen molar-refractivity contribution in [1.29, 1.82) is 0 Å². The lowest BCUT2D eigenvalue weighted by Crippen LogP contribution is -2.35. The Kier molecular flexibility index (Phi) is 25.5. The minimum Gasteiger partial charge on any atom is -0.378 e. The molecule has 9 nitrogen and oxygen atoms in total. The van der Waals surface area contributed by atoms with E-state index in [0.717, 1.165) is 25.8 Å². The summed E-state index contributed by atoms with van der Waals surface area (Å²) in [5.41, 5.74) is 0. The number of ether oxygens (including phenoxy) is 6. The Morgan fingerprint density at radius 3 is 1.66 bits per heavy atom. The van der Waals surface area contributed by atoms with Gasteiger partial charge in [0.05, 0.1) is 85.8 Å². The van der Waals surface area contributed by atoms with Crippen LogP contribution in [-0.4, -0.2) is 110 Å². The number of hydrogen-bond acceptors (Lipinski definition) is 8. The molecular weight excluding hydrogens is 459 g/mol. The largest absolute Gasteiger partial charge is 0.378 e. The number of halogens is 1. The lowest BCUT2D eigenvalue weighted by molar-refractivity contribution is -0.125. The van der Waals surface area contributed by atoms with Crippen LogP contribution in [0.2, 0.25) is 0 Å². The quantitative estimate of drug-likeness (QED) is 0.163. The van der Waals surface area contributed by atoms with Crippen molar-refractivity contribution in [3.8, 4) is 0 Å². The maximum absolute atomic E-state index is 13.7. The summed E-state index contributed by atoms with van der Waals surface area (Å²) in [4.78, 5) is 11.7. The van der Waals surface area contributed by atoms with Crippen LogP contribution < -0.4 is 10.6 Å². The normalized spacial score (nSPS) is 14.1. The summed E-state index contributed by atoms with van der Waals surface area (Å²) in [7, 11) is 0. The molecule has 0 aliphatic rings. The smallest absolute Gasteiger partial charge is 0.222 e. The summed E-state index contributed by atoms with van der Waals surface area (Å²) in [5.74, 6) is -0.203. The highest BCUT2D eigenvalue weighted by Crippen LogP contribution is 2.04. The van der Waals surface area contributed by atoms with E-state index >= 15 is 0 Å². The summed E-state index contributed by atoms with van der Waals surface area (Å²) in [5, 5.41) is 5.98. The molecule has 0 fully saturated rings. The highest BCUT2D eigenvalue weighted by atomic mass is 19.1. The fraction of sp³-hybridized carbons (Fsp3) is 0.960. The summed E-state index contributed by atoms with van der Waals surface area (Å²) in [6.45, 7) is 14.4. The monoisotopic (exact) mass is 510 g/mol. The third kappa shape index (κ3) is 24.6. The predicted molar refractivity (Wildman–Crippen MR) is 135 cm³/mol. The van der Waals surface area contributed by atoms with Crippen molar-refractivity contribution in [2.24, 2.45) is 5.92 Å². The van der Waals surface area contributed by atoms with Crippen molar-refractivity contribution in [2.75, 3.05) is 92.4 Å². The molecule has 3 atom stereocenters. The molecule has 0 heterocycles. The molecular formula is C25H51FN2O7. The molecule has 0 bridgehead atoms. The molecule has 3 unspecified atom stereocenters. The number of carbonyl (C=O) groups excluding carboxylic acids is 1. The molecule has 35 heavy (non-hydrogen) atoms. The Balaban J connectivity index is 3.22. The lowest BCUT2D eigenvalue weighted by atomic mass is 10.1. The van der Waals surface area contributed by atoms with Crippen LogP contribution in [-0.2, 0) is 33.2 Å². The predicted octanol–water partition coefficient (Wildman–Crippen LogP) is 2.36. The Bertz CT molecular complexity index is 464. The molecule has 10 heteroatoms. The second-order valence-electron chi connectivity index (χ2n) is 8.43. The average Bonchev–Trinajstić information content (AvgIpc) is 2.85. The topological polar surface area (TPSA) is 96.5 Å². The number of rotatable bonds is 27. The van der Waals surface area contributed by atoms with E-state index in [1.807, 2.05) is 13.8 Å². The van der Waals surface area contributed by atoms with Gasteiger partial charge in [0.2, 0.25) is 5.91 Å². The van der Waals surface area contributed by atoms with E-state index in [-0.39, 0.29) is 25.0 Å². The average molecular weight is 511 g/mol. The van der Waals surface area contributed by atoms with Crippen LogP contribution in [0.4, 0.5) is 4.39 Å². The van der Waals surface area contributed by atoms with Gasteiger partial charge in [-0.2, -0.15) is 0 Å². The van der Waals surface area contributed by atoms with E-state index in [9.17, 15) is 9.18 Å². The Morgan fingerprint density at radius 1 is 0.743 bits per heavy atom. The van der Waals surface area contributed by atoms with E-state index in [1.54, 1.807) is 0 Å². The van der Waals surface area contributed by atoms with E-state index in [1.165, 1.54) is 0 Å². The van der Waals surface area contributed by atoms with E-state index in [4.69, 9.17) is 28.4 Å². The molecule has 2 N–H and O–H groups in total. The fourth-order valence-electron chi connectivity index (χ4n) is 2.84. The van der Waals surface area contributed by atoms with Crippen LogP contribution in [0.5, 0.6) is 0 Å². The molecule has 210 valence electrons. The first-order valence-corrected chi connectivity index (χ1v) is 13.1. The summed E-state index contributed by atoms with van der Waals surface area (Å²) in [6.07, 6.45) is 1.62. The zero-order chi connectivity index (χ0) is 26.0. The van der Waals surface area contributed by atoms with Gasteiger partial charge in [0.15, 0.2) is 0 Å². The second-order valence-corrected chi connectivity index (χ2v) is 8.43. The molecule has 0 aliphatic carbocycles. The zero-order valence-electron chi connectivity index (χ0n) is 22.5. The van der Waals surface area contributed by atoms with Crippen molar-refractivity contribution < 1.29 is 37.6 Å². The van der Waals surface area contributed by atoms with Gasteiger partial charge in [0.1, 0.15) is 6.17 Å². The fourth-order valence-corrected chi connectivity index (χ4v) is 2.84. The number of hydrogen-bond donors (Lipinski definition) is 2. The number of carbonyl (C=O) groups is 1. The lowest BCUT2D eigenvalue weighted by Gasteiger charge is -2.14. The van der Waals surface area contributed by atoms with E-state index in [0.29, 0.717) is 78.7 Å². The van der Waals surface area contributed by atoms with Crippen molar-refractivity contribution in [1.82, 2.24) is 10.6 Å². The first-order valence-electron chi connectivity index (χ1n) is 13.1. The van der Waals surface area contributed by atoms with Gasteiger partial charge in [0, 0.05) is 18.5 Å². The Labute approximate surface area is 212 Å². The van der Waals surface area contributed by atoms with Crippen LogP contribution >= 0.6 is 0 Å². The first kappa shape index (κ1) is 34.1. The van der Waals surface area contributed by atoms with Crippen LogP contribution in [0.15, 0.2) is 0 Å². The van der Waals surface area contributed by atoms with Gasteiger partial charge in [-0.3, -0.25) is 4.79 Å². The van der Waals surface area contributed by atoms with Gasteiger partial charge in [-0.25, -0.2) is 4.39 Å². The zero-order valence-corrected chi connectivity index (χ0v) is 22.5. The van der Waals surface area contributed by atoms with Crippen LogP contribution in [0, 0.1) is 5.92 Å². The minimum absolute atomic E-state index is 0.0270. The molecule has 0 rings (SSSR count). The van der Waals surface area contributed by atoms with Crippen molar-refractivity contribution in [3.05, 3.63) is 0 Å². The number of amides is 1. The van der Waals surface area contributed by atoms with Crippen LogP contribution in [0.25, 0.3) is 0 Å². The van der Waals surface area contributed by atoms with Gasteiger partial charge in [-0.1, -0.05) is 27.2 Å². The Hall–Kier alpha value is -0.880. The van der Waals surface area contributed by atoms with E-state index < -0.39 is 6.17 Å². The van der Waals surface area contributed by atoms with Gasteiger partial charge in [0.25, 0.3) is 0 Å². The molecule has 0 radical (unpaired) electrons.